The molecule has 0 fully saturated rings. The third-order valence-electron chi connectivity index (χ3n) is 3.37. The van der Waals surface area contributed by atoms with E-state index in [1.807, 2.05) is 13.0 Å². The zero-order chi connectivity index (χ0) is 14.7. The van der Waals surface area contributed by atoms with Gasteiger partial charge in [0.05, 0.1) is 21.1 Å². The second-order valence-electron chi connectivity index (χ2n) is 4.83. The quantitative estimate of drug-likeness (QED) is 0.500. The van der Waals surface area contributed by atoms with Crippen molar-refractivity contribution in [2.24, 2.45) is 0 Å². The second-order valence-corrected chi connectivity index (χ2v) is 5.65. The van der Waals surface area contributed by atoms with Gasteiger partial charge in [-0.05, 0) is 30.7 Å². The number of benzene rings is 1. The average molecular weight is 319 g/mol. The van der Waals surface area contributed by atoms with Crippen molar-refractivity contribution >= 4 is 45.7 Å². The summed E-state index contributed by atoms with van der Waals surface area (Å²) in [6.07, 6.45) is 1.74. The van der Waals surface area contributed by atoms with Crippen LogP contribution in [0.5, 0.6) is 0 Å². The highest BCUT2D eigenvalue weighted by molar-refractivity contribution is 6.42. The summed E-state index contributed by atoms with van der Waals surface area (Å²) < 4.78 is 2.93. The van der Waals surface area contributed by atoms with Crippen LogP contribution in [0.4, 0.5) is 0 Å². The maximum absolute atomic E-state index is 12.7. The third-order valence-corrected chi connectivity index (χ3v) is 4.09. The molecule has 0 bridgehead atoms. The number of rotatable bonds is 0. The Morgan fingerprint density at radius 3 is 2.67 bits per heavy atom. The molecule has 21 heavy (non-hydrogen) atoms. The number of halogens is 2. The van der Waals surface area contributed by atoms with E-state index in [4.69, 9.17) is 23.2 Å². The van der Waals surface area contributed by atoms with Crippen molar-refractivity contribution in [3.8, 4) is 0 Å². The summed E-state index contributed by atoms with van der Waals surface area (Å²) >= 11 is 12.0. The lowest BCUT2D eigenvalue weighted by atomic mass is 10.3. The smallest absolute Gasteiger partial charge is 0.252 e. The summed E-state index contributed by atoms with van der Waals surface area (Å²) in [7, 11) is 0. The van der Waals surface area contributed by atoms with Crippen LogP contribution in [0.2, 0.25) is 10.0 Å². The summed E-state index contributed by atoms with van der Waals surface area (Å²) in [6.45, 7) is 1.92. The predicted molar refractivity (Wildman–Crippen MR) is 82.5 cm³/mol. The van der Waals surface area contributed by atoms with E-state index in [1.54, 1.807) is 24.4 Å². The highest BCUT2D eigenvalue weighted by Gasteiger charge is 2.13. The molecule has 4 aromatic rings. The van der Waals surface area contributed by atoms with E-state index >= 15 is 0 Å². The van der Waals surface area contributed by atoms with E-state index in [1.165, 1.54) is 8.80 Å². The Morgan fingerprint density at radius 1 is 1.10 bits per heavy atom. The summed E-state index contributed by atoms with van der Waals surface area (Å²) in [5, 5.41) is 0.771. The summed E-state index contributed by atoms with van der Waals surface area (Å²) in [4.78, 5) is 21.4. The van der Waals surface area contributed by atoms with Gasteiger partial charge in [-0.2, -0.15) is 4.98 Å². The molecule has 7 heteroatoms. The van der Waals surface area contributed by atoms with E-state index < -0.39 is 0 Å². The van der Waals surface area contributed by atoms with Gasteiger partial charge >= 0.3 is 5.69 Å². The molecule has 4 rings (SSSR count). The Kier molecular flexibility index (Phi) is 2.52. The molecule has 0 atom stereocenters. The Morgan fingerprint density at radius 2 is 1.86 bits per heavy atom. The first kappa shape index (κ1) is 12.6. The number of aryl methyl sites for hydroxylation is 1. The van der Waals surface area contributed by atoms with Gasteiger partial charge in [-0.15, -0.1) is 0 Å². The minimum Gasteiger partial charge on any atom is -0.252 e. The monoisotopic (exact) mass is 318 g/mol. The first-order chi connectivity index (χ1) is 10.0. The lowest BCUT2D eigenvalue weighted by molar-refractivity contribution is 0.915. The molecule has 0 N–H and O–H groups in total. The van der Waals surface area contributed by atoms with E-state index in [9.17, 15) is 4.79 Å². The Hall–Kier alpha value is -2.11. The van der Waals surface area contributed by atoms with Crippen LogP contribution < -0.4 is 5.69 Å². The van der Waals surface area contributed by atoms with Crippen molar-refractivity contribution in [3.63, 3.8) is 0 Å². The van der Waals surface area contributed by atoms with Crippen LogP contribution in [0, 0.1) is 6.92 Å². The fourth-order valence-electron chi connectivity index (χ4n) is 2.38. The molecule has 0 aliphatic carbocycles. The second kappa shape index (κ2) is 4.19. The molecule has 3 heterocycles. The molecule has 3 aromatic heterocycles. The van der Waals surface area contributed by atoms with E-state index in [0.717, 1.165) is 5.56 Å². The van der Waals surface area contributed by atoms with E-state index in [2.05, 4.69) is 9.97 Å². The fraction of sp³-hybridized carbons (Fsp3) is 0.0714. The van der Waals surface area contributed by atoms with E-state index in [0.29, 0.717) is 32.5 Å². The Labute approximate surface area is 128 Å². The predicted octanol–water partition coefficient (Wildman–Crippen LogP) is 3.11. The van der Waals surface area contributed by atoms with Crippen molar-refractivity contribution in [1.29, 1.82) is 0 Å². The molecule has 0 saturated heterocycles. The molecular weight excluding hydrogens is 311 g/mol. The van der Waals surface area contributed by atoms with Gasteiger partial charge in [-0.3, -0.25) is 4.40 Å². The maximum Gasteiger partial charge on any atom is 0.341 e. The molecule has 0 aliphatic heterocycles. The molecule has 0 radical (unpaired) electrons. The van der Waals surface area contributed by atoms with Crippen LogP contribution in [0.15, 0.2) is 35.3 Å². The lowest BCUT2D eigenvalue weighted by Gasteiger charge is -2.02. The number of pyridine rings is 1. The first-order valence-electron chi connectivity index (χ1n) is 6.21. The molecule has 5 nitrogen and oxygen atoms in total. The van der Waals surface area contributed by atoms with Crippen molar-refractivity contribution < 1.29 is 0 Å². The van der Waals surface area contributed by atoms with Gasteiger partial charge in [0.1, 0.15) is 5.65 Å². The number of hydrogen-bond donors (Lipinski definition) is 0. The van der Waals surface area contributed by atoms with Gasteiger partial charge < -0.3 is 0 Å². The van der Waals surface area contributed by atoms with Crippen molar-refractivity contribution in [2.45, 2.75) is 6.92 Å². The molecule has 0 spiro atoms. The summed E-state index contributed by atoms with van der Waals surface area (Å²) in [5.74, 6) is 0.331. The summed E-state index contributed by atoms with van der Waals surface area (Å²) in [5.41, 5.74) is 2.45. The Balaban J connectivity index is 2.29. The maximum atomic E-state index is 12.7. The average Bonchev–Trinajstić information content (AvgIpc) is 2.78. The number of hydrogen-bond acceptors (Lipinski definition) is 3. The lowest BCUT2D eigenvalue weighted by Crippen LogP contribution is -2.22. The number of aromatic nitrogens is 4. The van der Waals surface area contributed by atoms with Crippen molar-refractivity contribution in [2.75, 3.05) is 0 Å². The molecule has 0 amide bonds. The number of fused-ring (bicyclic) bond motifs is 4. The van der Waals surface area contributed by atoms with E-state index in [-0.39, 0.29) is 5.69 Å². The highest BCUT2D eigenvalue weighted by Crippen LogP contribution is 2.27. The molecule has 0 aliphatic rings. The van der Waals surface area contributed by atoms with Gasteiger partial charge in [0, 0.05) is 6.20 Å². The van der Waals surface area contributed by atoms with Gasteiger partial charge in [0.15, 0.2) is 0 Å². The molecule has 1 aromatic carbocycles. The van der Waals surface area contributed by atoms with Crippen molar-refractivity contribution in [1.82, 2.24) is 18.8 Å². The third kappa shape index (κ3) is 1.74. The SMILES string of the molecule is Cc1ccc2nc3nc4cc(Cl)c(Cl)cc4n3c(=O)n2c1. The van der Waals surface area contributed by atoms with Crippen LogP contribution in [0.25, 0.3) is 22.5 Å². The molecular formula is C14H8Cl2N4O. The van der Waals surface area contributed by atoms with Crippen LogP contribution in [0.1, 0.15) is 5.56 Å². The first-order valence-corrected chi connectivity index (χ1v) is 6.96. The van der Waals surface area contributed by atoms with Gasteiger partial charge in [0.2, 0.25) is 5.78 Å². The van der Waals surface area contributed by atoms with Gasteiger partial charge in [-0.1, -0.05) is 29.3 Å². The molecule has 0 unspecified atom stereocenters. The van der Waals surface area contributed by atoms with Crippen molar-refractivity contribution in [3.05, 3.63) is 56.6 Å². The largest absolute Gasteiger partial charge is 0.341 e. The number of nitrogens with zero attached hydrogens (tertiary/aromatic N) is 4. The molecule has 104 valence electrons. The minimum absolute atomic E-state index is 0.236. The van der Waals surface area contributed by atoms with Crippen LogP contribution in [0.3, 0.4) is 0 Å². The molecule has 0 saturated carbocycles. The number of imidazole rings is 1. The van der Waals surface area contributed by atoms with Crippen LogP contribution in [-0.2, 0) is 0 Å². The van der Waals surface area contributed by atoms with Gasteiger partial charge in [0.25, 0.3) is 0 Å². The summed E-state index contributed by atoms with van der Waals surface area (Å²) in [6, 6.07) is 6.95. The topological polar surface area (TPSA) is 51.7 Å². The van der Waals surface area contributed by atoms with Gasteiger partial charge in [-0.25, -0.2) is 14.2 Å². The zero-order valence-electron chi connectivity index (χ0n) is 10.8. The fourth-order valence-corrected chi connectivity index (χ4v) is 2.69. The zero-order valence-corrected chi connectivity index (χ0v) is 12.4. The Bertz CT molecular complexity index is 1100. The highest BCUT2D eigenvalue weighted by atomic mass is 35.5. The normalized spacial score (nSPS) is 11.8. The standard InChI is InChI=1S/C14H8Cl2N4O/c1-7-2-3-12-18-13-17-10-4-8(15)9(16)5-11(10)20(13)14(21)19(12)6-7/h2-6H,1H3. The van der Waals surface area contributed by atoms with Crippen LogP contribution >= 0.6 is 23.2 Å². The van der Waals surface area contributed by atoms with Crippen LogP contribution in [-0.4, -0.2) is 18.8 Å². The minimum atomic E-state index is -0.236.